The summed E-state index contributed by atoms with van der Waals surface area (Å²) in [5.74, 6) is 0. The van der Waals surface area contributed by atoms with Gasteiger partial charge in [-0.1, -0.05) is 0 Å². The molecule has 0 unspecified atom stereocenters. The van der Waals surface area contributed by atoms with Crippen LogP contribution in [0.15, 0.2) is 0 Å². The quantitative estimate of drug-likeness (QED) is 0.420. The van der Waals surface area contributed by atoms with Crippen molar-refractivity contribution in [3.63, 3.8) is 0 Å². The molecule has 158 valence electrons. The maximum Gasteiger partial charge on any atom is 0.413 e. The van der Waals surface area contributed by atoms with E-state index in [2.05, 4.69) is 0 Å². The lowest BCUT2D eigenvalue weighted by Gasteiger charge is -2.52. The first kappa shape index (κ1) is 24.7. The van der Waals surface area contributed by atoms with Gasteiger partial charge in [0.05, 0.1) is 0 Å². The summed E-state index contributed by atoms with van der Waals surface area (Å²) in [6.07, 6.45) is -52.6. The molecule has 0 rings (SSSR count). The third-order valence-corrected chi connectivity index (χ3v) is 3.11. The van der Waals surface area contributed by atoms with E-state index in [1.165, 1.54) is 0 Å². The molecule has 0 nitrogen and oxygen atoms in total. The molecule has 0 heterocycles. The van der Waals surface area contributed by atoms with E-state index >= 15 is 0 Å². The fourth-order valence-corrected chi connectivity index (χ4v) is 2.24. The number of rotatable bonds is 1. The zero-order valence-electron chi connectivity index (χ0n) is 10.8. The lowest BCUT2D eigenvalue weighted by atomic mass is 9.59. The number of hydrogen-bond donors (Lipinski definition) is 0. The minimum atomic E-state index is -9.30. The smallest absolute Gasteiger partial charge is 0.170 e. The number of alkyl halides is 18. The van der Waals surface area contributed by atoms with Gasteiger partial charge in [0, 0.05) is 0 Å². The van der Waals surface area contributed by atoms with Gasteiger partial charge in [0.2, 0.25) is 0 Å². The Kier molecular flexibility index (Phi) is 5.35. The van der Waals surface area contributed by atoms with Crippen molar-refractivity contribution in [2.75, 3.05) is 0 Å². The minimum absolute atomic E-state index is 8.77. The molecule has 18 heteroatoms. The van der Waals surface area contributed by atoms with Crippen molar-refractivity contribution in [2.45, 2.75) is 37.1 Å². The molecule has 0 aliphatic heterocycles. The molecular formula is C8F18. The van der Waals surface area contributed by atoms with E-state index in [0.717, 1.165) is 0 Å². The molecule has 0 radical (unpaired) electrons. The maximum atomic E-state index is 12.5. The summed E-state index contributed by atoms with van der Waals surface area (Å²) in [7, 11) is 0. The van der Waals surface area contributed by atoms with Crippen LogP contribution in [0.5, 0.6) is 0 Å². The molecule has 0 bridgehead atoms. The van der Waals surface area contributed by atoms with Crippen LogP contribution in [0.25, 0.3) is 0 Å². The summed E-state index contributed by atoms with van der Waals surface area (Å²) in [6.45, 7) is 0. The van der Waals surface area contributed by atoms with E-state index in [1.54, 1.807) is 0 Å². The highest BCUT2D eigenvalue weighted by Gasteiger charge is 3.06. The van der Waals surface area contributed by atoms with Crippen molar-refractivity contribution in [1.82, 2.24) is 0 Å². The second kappa shape index (κ2) is 5.62. The van der Waals surface area contributed by atoms with Crippen molar-refractivity contribution in [2.24, 2.45) is 10.8 Å². The molecular weight excluding hydrogens is 438 g/mol. The first-order valence-electron chi connectivity index (χ1n) is 5.15. The molecule has 0 aromatic carbocycles. The fraction of sp³-hybridized carbons (Fsp3) is 1.00. The van der Waals surface area contributed by atoms with Crippen LogP contribution in [0, 0.1) is 10.8 Å². The van der Waals surface area contributed by atoms with Gasteiger partial charge in [-0.2, -0.15) is 79.0 Å². The Morgan fingerprint density at radius 3 is 0.308 bits per heavy atom. The third-order valence-electron chi connectivity index (χ3n) is 3.11. The van der Waals surface area contributed by atoms with Crippen LogP contribution < -0.4 is 0 Å². The molecule has 0 aromatic rings. The van der Waals surface area contributed by atoms with Crippen molar-refractivity contribution in [3.05, 3.63) is 0 Å². The average molecular weight is 438 g/mol. The zero-order valence-corrected chi connectivity index (χ0v) is 10.8. The van der Waals surface area contributed by atoms with E-state index in [0.29, 0.717) is 0 Å². The molecule has 0 fully saturated rings. The van der Waals surface area contributed by atoms with Gasteiger partial charge in [0.25, 0.3) is 10.8 Å². The SMILES string of the molecule is FC(F)(F)C(C(F)(F)F)(C(F)(F)F)C(C(F)(F)F)(C(F)(F)F)C(F)(F)F. The molecule has 0 amide bonds. The van der Waals surface area contributed by atoms with Gasteiger partial charge in [0.1, 0.15) is 0 Å². The Morgan fingerprint density at radius 2 is 0.269 bits per heavy atom. The molecule has 0 aliphatic carbocycles. The lowest BCUT2D eigenvalue weighted by molar-refractivity contribution is -0.563. The Morgan fingerprint density at radius 1 is 0.192 bits per heavy atom. The highest BCUT2D eigenvalue weighted by molar-refractivity contribution is 5.19. The van der Waals surface area contributed by atoms with Crippen molar-refractivity contribution in [3.8, 4) is 0 Å². The second-order valence-electron chi connectivity index (χ2n) is 4.49. The van der Waals surface area contributed by atoms with Gasteiger partial charge in [-0.25, -0.2) is 0 Å². The summed E-state index contributed by atoms with van der Waals surface area (Å²) in [5.41, 5.74) is -18.6. The normalized spacial score (nSPS) is 16.8. The number of halogens is 18. The summed E-state index contributed by atoms with van der Waals surface area (Å²) in [6, 6.07) is 0. The van der Waals surface area contributed by atoms with Crippen LogP contribution in [0.4, 0.5) is 79.0 Å². The first-order chi connectivity index (χ1) is 10.8. The van der Waals surface area contributed by atoms with Gasteiger partial charge >= 0.3 is 37.1 Å². The molecule has 0 saturated carbocycles. The Hall–Kier alpha value is -1.26. The third kappa shape index (κ3) is 2.82. The van der Waals surface area contributed by atoms with Crippen LogP contribution in [-0.2, 0) is 0 Å². The largest absolute Gasteiger partial charge is 0.413 e. The standard InChI is InChI=1S/C8F18/c9-3(10,11)1(4(12,13)14,5(15,16)17)2(6(18,19)20,7(21,22)23)8(24,25)26. The van der Waals surface area contributed by atoms with Crippen LogP contribution in [0.1, 0.15) is 0 Å². The van der Waals surface area contributed by atoms with Crippen LogP contribution in [0.2, 0.25) is 0 Å². The van der Waals surface area contributed by atoms with E-state index in [1.807, 2.05) is 0 Å². The summed E-state index contributed by atoms with van der Waals surface area (Å²) in [5, 5.41) is 0. The number of hydrogen-bond acceptors (Lipinski definition) is 0. The van der Waals surface area contributed by atoms with Gasteiger partial charge in [-0.15, -0.1) is 0 Å². The second-order valence-corrected chi connectivity index (χ2v) is 4.49. The maximum absolute atomic E-state index is 12.5. The molecule has 0 aromatic heterocycles. The van der Waals surface area contributed by atoms with Gasteiger partial charge in [0.15, 0.2) is 0 Å². The lowest BCUT2D eigenvalue weighted by Crippen LogP contribution is -2.80. The van der Waals surface area contributed by atoms with Gasteiger partial charge in [-0.05, 0) is 0 Å². The highest BCUT2D eigenvalue weighted by Crippen LogP contribution is 2.78. The topological polar surface area (TPSA) is 0 Å². The van der Waals surface area contributed by atoms with Crippen molar-refractivity contribution >= 4 is 0 Å². The Labute approximate surface area is 128 Å². The Balaban J connectivity index is 8.17. The summed E-state index contributed by atoms with van der Waals surface area (Å²) in [4.78, 5) is 0. The monoisotopic (exact) mass is 438 g/mol. The summed E-state index contributed by atoms with van der Waals surface area (Å²) < 4.78 is 225. The van der Waals surface area contributed by atoms with E-state index < -0.39 is 47.9 Å². The van der Waals surface area contributed by atoms with Gasteiger partial charge in [-0.3, -0.25) is 0 Å². The predicted octanol–water partition coefficient (Wildman–Crippen LogP) is 6.33. The molecule has 0 atom stereocenters. The van der Waals surface area contributed by atoms with Gasteiger partial charge < -0.3 is 0 Å². The Bertz CT molecular complexity index is 378. The molecule has 0 N–H and O–H groups in total. The molecule has 0 saturated heterocycles. The van der Waals surface area contributed by atoms with E-state index in [9.17, 15) is 79.0 Å². The molecule has 26 heavy (non-hydrogen) atoms. The predicted molar refractivity (Wildman–Crippen MR) is 41.2 cm³/mol. The average Bonchev–Trinajstić information content (AvgIpc) is 2.12. The molecule has 0 aliphatic rings. The van der Waals surface area contributed by atoms with Crippen molar-refractivity contribution in [1.29, 1.82) is 0 Å². The highest BCUT2D eigenvalue weighted by atomic mass is 19.5. The summed E-state index contributed by atoms with van der Waals surface area (Å²) >= 11 is 0. The van der Waals surface area contributed by atoms with Crippen LogP contribution >= 0.6 is 0 Å². The first-order valence-corrected chi connectivity index (χ1v) is 5.15. The van der Waals surface area contributed by atoms with Crippen LogP contribution in [0.3, 0.4) is 0 Å². The zero-order chi connectivity index (χ0) is 22.0. The van der Waals surface area contributed by atoms with E-state index in [4.69, 9.17) is 0 Å². The van der Waals surface area contributed by atoms with Crippen LogP contribution in [-0.4, -0.2) is 37.1 Å². The minimum Gasteiger partial charge on any atom is -0.170 e. The van der Waals surface area contributed by atoms with E-state index in [-0.39, 0.29) is 0 Å². The van der Waals surface area contributed by atoms with Crippen molar-refractivity contribution < 1.29 is 79.0 Å². The fourth-order valence-electron chi connectivity index (χ4n) is 2.24. The molecule has 0 spiro atoms.